The molecule has 1 aliphatic rings. The molecule has 1 saturated heterocycles. The maximum Gasteiger partial charge on any atom is 0.417 e. The molecule has 0 amide bonds. The monoisotopic (exact) mass is 434 g/mol. The topological polar surface area (TPSA) is 81.7 Å². The van der Waals surface area contributed by atoms with Crippen molar-refractivity contribution in [1.82, 2.24) is 14.9 Å². The second-order valence-electron chi connectivity index (χ2n) is 7.29. The predicted molar refractivity (Wildman–Crippen MR) is 108 cm³/mol. The maximum absolute atomic E-state index is 12.7. The maximum atomic E-state index is 12.7. The van der Waals surface area contributed by atoms with Gasteiger partial charge in [-0.05, 0) is 18.2 Å². The Morgan fingerprint density at radius 3 is 2.52 bits per heavy atom. The summed E-state index contributed by atoms with van der Waals surface area (Å²) in [5, 5.41) is 10.7. The van der Waals surface area contributed by atoms with Crippen LogP contribution in [0.5, 0.6) is 5.75 Å². The lowest BCUT2D eigenvalue weighted by atomic mass is 10.0. The second-order valence-corrected chi connectivity index (χ2v) is 7.29. The highest BCUT2D eigenvalue weighted by molar-refractivity contribution is 5.92. The number of fused-ring (bicyclic) bond motifs is 1. The molecule has 1 atom stereocenters. The van der Waals surface area contributed by atoms with Gasteiger partial charge < -0.3 is 19.7 Å². The summed E-state index contributed by atoms with van der Waals surface area (Å²) in [6.45, 7) is 1.76. The van der Waals surface area contributed by atoms with Crippen molar-refractivity contribution in [3.63, 3.8) is 0 Å². The Morgan fingerprint density at radius 2 is 1.94 bits per heavy atom. The Hall–Kier alpha value is -3.27. The summed E-state index contributed by atoms with van der Waals surface area (Å²) in [6.07, 6.45) is -1.92. The number of hydrogen-bond donors (Lipinski definition) is 2. The molecule has 1 aliphatic heterocycles. The number of rotatable bonds is 5. The van der Waals surface area contributed by atoms with Crippen molar-refractivity contribution >= 4 is 22.7 Å². The molecule has 2 N–H and O–H groups in total. The molecule has 1 aromatic carbocycles. The summed E-state index contributed by atoms with van der Waals surface area (Å²) in [4.78, 5) is 22.9. The molecule has 10 heteroatoms. The molecule has 3 aromatic rings. The third-order valence-electron chi connectivity index (χ3n) is 5.54. The van der Waals surface area contributed by atoms with Gasteiger partial charge in [-0.2, -0.15) is 13.2 Å². The van der Waals surface area contributed by atoms with Gasteiger partial charge in [-0.25, -0.2) is 4.98 Å². The standard InChI is InChI=1S/C21H21F3N4O3/c1-31-16-4-2-3-14-15(12-26-18(14)16)19(20(29)30)28-9-7-27(8-10-28)17-6-5-13(11-25-17)21(22,23)24/h2-6,11-12,19,26H,7-10H2,1H3,(H,29,30). The number of carboxylic acids is 1. The Kier molecular flexibility index (Phi) is 5.48. The highest BCUT2D eigenvalue weighted by atomic mass is 19.4. The number of hydrogen-bond acceptors (Lipinski definition) is 5. The van der Waals surface area contributed by atoms with Crippen LogP contribution in [0, 0.1) is 0 Å². The summed E-state index contributed by atoms with van der Waals surface area (Å²) < 4.78 is 43.6. The lowest BCUT2D eigenvalue weighted by molar-refractivity contribution is -0.143. The van der Waals surface area contributed by atoms with Crippen LogP contribution in [0.1, 0.15) is 17.2 Å². The van der Waals surface area contributed by atoms with Gasteiger partial charge in [-0.15, -0.1) is 0 Å². The van der Waals surface area contributed by atoms with Crippen LogP contribution in [0.4, 0.5) is 19.0 Å². The number of carbonyl (C=O) groups is 1. The van der Waals surface area contributed by atoms with Crippen LogP contribution in [0.25, 0.3) is 10.9 Å². The number of nitrogens with one attached hydrogen (secondary N) is 1. The van der Waals surface area contributed by atoms with E-state index >= 15 is 0 Å². The van der Waals surface area contributed by atoms with E-state index in [-0.39, 0.29) is 0 Å². The molecule has 2 aromatic heterocycles. The van der Waals surface area contributed by atoms with Crippen molar-refractivity contribution in [2.45, 2.75) is 12.2 Å². The van der Waals surface area contributed by atoms with Crippen LogP contribution < -0.4 is 9.64 Å². The third kappa shape index (κ3) is 4.02. The number of ether oxygens (including phenoxy) is 1. The van der Waals surface area contributed by atoms with E-state index < -0.39 is 23.8 Å². The molecule has 3 heterocycles. The number of pyridine rings is 1. The van der Waals surface area contributed by atoms with Crippen LogP contribution in [0.2, 0.25) is 0 Å². The van der Waals surface area contributed by atoms with E-state index in [1.54, 1.807) is 19.4 Å². The van der Waals surface area contributed by atoms with Gasteiger partial charge in [0.05, 0.1) is 18.2 Å². The fraction of sp³-hybridized carbons (Fsp3) is 0.333. The van der Waals surface area contributed by atoms with Gasteiger partial charge in [0.15, 0.2) is 0 Å². The summed E-state index contributed by atoms with van der Waals surface area (Å²) >= 11 is 0. The lowest BCUT2D eigenvalue weighted by Crippen LogP contribution is -2.49. The van der Waals surface area contributed by atoms with Crippen LogP contribution in [0.15, 0.2) is 42.7 Å². The summed E-state index contributed by atoms with van der Waals surface area (Å²) in [5.41, 5.74) is 0.580. The number of anilines is 1. The van der Waals surface area contributed by atoms with Crippen molar-refractivity contribution < 1.29 is 27.8 Å². The van der Waals surface area contributed by atoms with E-state index in [9.17, 15) is 23.1 Å². The summed E-state index contributed by atoms with van der Waals surface area (Å²) in [5.74, 6) is 0.104. The number of aromatic nitrogens is 2. The van der Waals surface area contributed by atoms with Crippen LogP contribution in [-0.2, 0) is 11.0 Å². The number of alkyl halides is 3. The van der Waals surface area contributed by atoms with Crippen LogP contribution in [0.3, 0.4) is 0 Å². The third-order valence-corrected chi connectivity index (χ3v) is 5.54. The van der Waals surface area contributed by atoms with E-state index in [2.05, 4.69) is 9.97 Å². The largest absolute Gasteiger partial charge is 0.495 e. The fourth-order valence-electron chi connectivity index (χ4n) is 3.98. The smallest absolute Gasteiger partial charge is 0.417 e. The number of aromatic amines is 1. The first-order valence-corrected chi connectivity index (χ1v) is 9.68. The van der Waals surface area contributed by atoms with E-state index in [1.807, 2.05) is 21.9 Å². The van der Waals surface area contributed by atoms with Gasteiger partial charge in [0.1, 0.15) is 17.6 Å². The molecule has 0 bridgehead atoms. The molecule has 7 nitrogen and oxygen atoms in total. The minimum Gasteiger partial charge on any atom is -0.495 e. The number of halogens is 3. The fourth-order valence-corrected chi connectivity index (χ4v) is 3.98. The highest BCUT2D eigenvalue weighted by Crippen LogP contribution is 2.34. The average Bonchev–Trinajstić information content (AvgIpc) is 3.17. The minimum absolute atomic E-state index is 0.427. The molecule has 0 saturated carbocycles. The zero-order valence-corrected chi connectivity index (χ0v) is 16.7. The van der Waals surface area contributed by atoms with Crippen LogP contribution >= 0.6 is 0 Å². The van der Waals surface area contributed by atoms with E-state index in [1.165, 1.54) is 6.07 Å². The Morgan fingerprint density at radius 1 is 1.19 bits per heavy atom. The molecule has 1 unspecified atom stereocenters. The van der Waals surface area contributed by atoms with Gasteiger partial charge in [-0.1, -0.05) is 12.1 Å². The molecule has 0 aliphatic carbocycles. The SMILES string of the molecule is COc1cccc2c(C(C(=O)O)N3CCN(c4ccc(C(F)(F)F)cn4)CC3)c[nH]c12. The lowest BCUT2D eigenvalue weighted by Gasteiger charge is -2.38. The summed E-state index contributed by atoms with van der Waals surface area (Å²) in [6, 6.07) is 6.96. The van der Waals surface area contributed by atoms with E-state index in [0.29, 0.717) is 43.3 Å². The van der Waals surface area contributed by atoms with Crippen molar-refractivity contribution in [2.75, 3.05) is 38.2 Å². The Balaban J connectivity index is 1.52. The van der Waals surface area contributed by atoms with Crippen molar-refractivity contribution in [3.8, 4) is 5.75 Å². The van der Waals surface area contributed by atoms with E-state index in [0.717, 1.165) is 23.2 Å². The molecular formula is C21H21F3N4O3. The zero-order valence-electron chi connectivity index (χ0n) is 16.7. The molecule has 0 radical (unpaired) electrons. The number of carboxylic acid groups (broad SMARTS) is 1. The quantitative estimate of drug-likeness (QED) is 0.640. The molecule has 164 valence electrons. The minimum atomic E-state index is -4.43. The second kappa shape index (κ2) is 8.10. The predicted octanol–water partition coefficient (Wildman–Crippen LogP) is 3.54. The number of piperazine rings is 1. The Labute approximate surface area is 176 Å². The number of methoxy groups -OCH3 is 1. The van der Waals surface area contributed by atoms with Gasteiger partial charge >= 0.3 is 12.1 Å². The number of benzene rings is 1. The van der Waals surface area contributed by atoms with Crippen molar-refractivity contribution in [1.29, 1.82) is 0 Å². The van der Waals surface area contributed by atoms with Crippen molar-refractivity contribution in [3.05, 3.63) is 53.9 Å². The average molecular weight is 434 g/mol. The summed E-state index contributed by atoms with van der Waals surface area (Å²) in [7, 11) is 1.55. The molecule has 1 fully saturated rings. The van der Waals surface area contributed by atoms with Crippen molar-refractivity contribution in [2.24, 2.45) is 0 Å². The first kappa shape index (κ1) is 21.0. The first-order chi connectivity index (χ1) is 14.8. The van der Waals surface area contributed by atoms with Gasteiger partial charge in [0, 0.05) is 49.5 Å². The molecule has 0 spiro atoms. The van der Waals surface area contributed by atoms with Crippen LogP contribution in [-0.4, -0.2) is 59.2 Å². The number of H-pyrrole nitrogens is 1. The van der Waals surface area contributed by atoms with Gasteiger partial charge in [-0.3, -0.25) is 9.69 Å². The van der Waals surface area contributed by atoms with Gasteiger partial charge in [0.2, 0.25) is 0 Å². The van der Waals surface area contributed by atoms with E-state index in [4.69, 9.17) is 4.74 Å². The van der Waals surface area contributed by atoms with Gasteiger partial charge in [0.25, 0.3) is 0 Å². The Bertz CT molecular complexity index is 1070. The first-order valence-electron chi connectivity index (χ1n) is 9.68. The molecule has 31 heavy (non-hydrogen) atoms. The normalized spacial score (nSPS) is 16.5. The number of nitrogens with zero attached hydrogens (tertiary/aromatic N) is 3. The number of aliphatic carboxylic acids is 1. The highest BCUT2D eigenvalue weighted by Gasteiger charge is 2.34. The molecular weight excluding hydrogens is 413 g/mol. The zero-order chi connectivity index (χ0) is 22.2. The molecule has 4 rings (SSSR count). The number of para-hydroxylation sites is 1.